The molecule has 0 aliphatic carbocycles. The first-order valence-electron chi connectivity index (χ1n) is 10.0. The number of hydrogen-bond acceptors (Lipinski definition) is 10. The number of esters is 2. The van der Waals surface area contributed by atoms with E-state index in [2.05, 4.69) is 14.8 Å². The van der Waals surface area contributed by atoms with Gasteiger partial charge in [0.1, 0.15) is 11.6 Å². The van der Waals surface area contributed by atoms with Crippen LogP contribution in [-0.2, 0) is 42.8 Å². The first-order valence-corrected chi connectivity index (χ1v) is 11.4. The summed E-state index contributed by atoms with van der Waals surface area (Å²) in [6, 6.07) is 4.79. The van der Waals surface area contributed by atoms with Crippen LogP contribution in [0.5, 0.6) is 0 Å². The lowest BCUT2D eigenvalue weighted by Gasteiger charge is -2.24. The van der Waals surface area contributed by atoms with Crippen molar-refractivity contribution in [2.24, 2.45) is 0 Å². The fraction of sp³-hybridized carbons (Fsp3) is 0.571. The van der Waals surface area contributed by atoms with Crippen LogP contribution in [0.25, 0.3) is 0 Å². The number of ether oxygens (including phenoxy) is 4. The second-order valence-electron chi connectivity index (χ2n) is 7.93. The molecule has 11 nitrogen and oxygen atoms in total. The highest BCUT2D eigenvalue weighted by Gasteiger charge is 2.32. The van der Waals surface area contributed by atoms with Gasteiger partial charge in [0.15, 0.2) is 6.10 Å². The highest BCUT2D eigenvalue weighted by Crippen LogP contribution is 2.14. The van der Waals surface area contributed by atoms with Crippen molar-refractivity contribution in [3.8, 4) is 0 Å². The van der Waals surface area contributed by atoms with Gasteiger partial charge in [0.25, 0.3) is 10.1 Å². The molecule has 0 fully saturated rings. The number of benzene rings is 1. The number of carbonyl (C=O) groups is 3. The predicted octanol–water partition coefficient (Wildman–Crippen LogP) is 1.71. The summed E-state index contributed by atoms with van der Waals surface area (Å²) in [6.07, 6.45) is -2.56. The molecule has 0 heterocycles. The highest BCUT2D eigenvalue weighted by atomic mass is 32.2. The number of carbonyl (C=O) groups excluding carboxylic acids is 3. The van der Waals surface area contributed by atoms with Crippen molar-refractivity contribution in [1.29, 1.82) is 0 Å². The molecule has 0 bridgehead atoms. The van der Waals surface area contributed by atoms with Gasteiger partial charge < -0.3 is 24.3 Å². The maximum atomic E-state index is 12.2. The van der Waals surface area contributed by atoms with Crippen LogP contribution in [0.2, 0.25) is 0 Å². The fourth-order valence-electron chi connectivity index (χ4n) is 2.49. The van der Waals surface area contributed by atoms with Crippen molar-refractivity contribution >= 4 is 28.1 Å². The summed E-state index contributed by atoms with van der Waals surface area (Å²) in [6.45, 7) is 6.04. The average molecular weight is 490 g/mol. The zero-order valence-electron chi connectivity index (χ0n) is 19.6. The molecule has 0 aromatic heterocycles. The average Bonchev–Trinajstić information content (AvgIpc) is 2.72. The van der Waals surface area contributed by atoms with E-state index in [9.17, 15) is 22.8 Å². The van der Waals surface area contributed by atoms with Crippen molar-refractivity contribution in [1.82, 2.24) is 5.32 Å². The van der Waals surface area contributed by atoms with E-state index in [1.54, 1.807) is 32.9 Å². The maximum Gasteiger partial charge on any atom is 0.408 e. The van der Waals surface area contributed by atoms with Crippen molar-refractivity contribution in [2.75, 3.05) is 27.4 Å². The lowest BCUT2D eigenvalue weighted by Crippen LogP contribution is -2.47. The molecule has 186 valence electrons. The van der Waals surface area contributed by atoms with Gasteiger partial charge in [0, 0.05) is 6.42 Å². The Hall–Kier alpha value is -2.70. The molecular formula is C21H31NO10S. The van der Waals surface area contributed by atoms with E-state index in [0.29, 0.717) is 0 Å². The van der Waals surface area contributed by atoms with Crippen LogP contribution in [0.4, 0.5) is 4.79 Å². The lowest BCUT2D eigenvalue weighted by molar-refractivity contribution is -0.157. The molecule has 0 spiro atoms. The van der Waals surface area contributed by atoms with Gasteiger partial charge in [-0.3, -0.25) is 4.18 Å². The zero-order chi connectivity index (χ0) is 25.2. The molecule has 0 radical (unpaired) electrons. The Morgan fingerprint density at radius 3 is 2.06 bits per heavy atom. The Balaban J connectivity index is 2.77. The summed E-state index contributed by atoms with van der Waals surface area (Å²) >= 11 is 0. The fourth-order valence-corrected chi connectivity index (χ4v) is 3.38. The smallest absolute Gasteiger partial charge is 0.408 e. The van der Waals surface area contributed by atoms with Crippen molar-refractivity contribution in [2.45, 2.75) is 56.8 Å². The van der Waals surface area contributed by atoms with Gasteiger partial charge in [-0.05, 0) is 39.8 Å². The van der Waals surface area contributed by atoms with E-state index < -0.39 is 52.5 Å². The summed E-state index contributed by atoms with van der Waals surface area (Å²) in [5, 5.41) is 2.32. The van der Waals surface area contributed by atoms with Crippen LogP contribution in [0.3, 0.4) is 0 Å². The van der Waals surface area contributed by atoms with E-state index in [0.717, 1.165) is 19.8 Å². The Bertz CT molecular complexity index is 906. The molecule has 1 amide bonds. The largest absolute Gasteiger partial charge is 0.467 e. The van der Waals surface area contributed by atoms with Crippen molar-refractivity contribution in [3.05, 3.63) is 29.8 Å². The second-order valence-corrected chi connectivity index (χ2v) is 9.54. The number of amides is 1. The molecule has 2 unspecified atom stereocenters. The van der Waals surface area contributed by atoms with Crippen LogP contribution >= 0.6 is 0 Å². The van der Waals surface area contributed by atoms with Gasteiger partial charge in [-0.25, -0.2) is 14.4 Å². The number of rotatable bonds is 11. The molecule has 1 rings (SSSR count). The molecule has 33 heavy (non-hydrogen) atoms. The van der Waals surface area contributed by atoms with E-state index in [1.807, 2.05) is 6.92 Å². The van der Waals surface area contributed by atoms with Gasteiger partial charge in [0.05, 0.1) is 32.3 Å². The van der Waals surface area contributed by atoms with Gasteiger partial charge in [-0.15, -0.1) is 0 Å². The Morgan fingerprint density at radius 1 is 0.970 bits per heavy atom. The third kappa shape index (κ3) is 10.2. The number of nitrogens with one attached hydrogen (secondary N) is 1. The van der Waals surface area contributed by atoms with Gasteiger partial charge in [-0.1, -0.05) is 17.7 Å². The predicted molar refractivity (Wildman–Crippen MR) is 116 cm³/mol. The van der Waals surface area contributed by atoms with E-state index in [4.69, 9.17) is 13.7 Å². The Morgan fingerprint density at radius 2 is 1.55 bits per heavy atom. The number of hydrogen-bond donors (Lipinski definition) is 1. The third-order valence-electron chi connectivity index (χ3n) is 4.04. The molecule has 1 aromatic carbocycles. The Kier molecular flexibility index (Phi) is 10.7. The highest BCUT2D eigenvalue weighted by molar-refractivity contribution is 7.86. The van der Waals surface area contributed by atoms with Crippen molar-refractivity contribution < 1.29 is 45.9 Å². The molecule has 12 heteroatoms. The lowest BCUT2D eigenvalue weighted by atomic mass is 10.1. The molecule has 1 aromatic rings. The first kappa shape index (κ1) is 28.3. The summed E-state index contributed by atoms with van der Waals surface area (Å²) in [4.78, 5) is 36.2. The van der Waals surface area contributed by atoms with Crippen LogP contribution in [0.1, 0.15) is 32.8 Å². The third-order valence-corrected chi connectivity index (χ3v) is 5.37. The molecule has 0 saturated heterocycles. The Labute approximate surface area is 193 Å². The summed E-state index contributed by atoms with van der Waals surface area (Å²) < 4.78 is 49.2. The first-order chi connectivity index (χ1) is 15.3. The van der Waals surface area contributed by atoms with E-state index >= 15 is 0 Å². The molecule has 2 atom stereocenters. The topological polar surface area (TPSA) is 144 Å². The minimum atomic E-state index is -4.02. The molecule has 0 saturated carbocycles. The number of methoxy groups -OCH3 is 2. The molecule has 1 N–H and O–H groups in total. The second kappa shape index (κ2) is 12.5. The van der Waals surface area contributed by atoms with Gasteiger partial charge in [0.2, 0.25) is 0 Å². The number of aryl methyl sites for hydroxylation is 1. The maximum absolute atomic E-state index is 12.2. The van der Waals surface area contributed by atoms with E-state index in [1.165, 1.54) is 12.1 Å². The standard InChI is InChI=1S/C21H31NO10S/c1-14-7-9-15(10-8-14)33(26,27)31-12-11-30-17(19(24)29-6)13-16(18(23)28-5)22-20(25)32-21(2,3)4/h7-10,16-17H,11-13H2,1-6H3,(H,22,25). The monoisotopic (exact) mass is 489 g/mol. The van der Waals surface area contributed by atoms with Gasteiger partial charge >= 0.3 is 18.0 Å². The van der Waals surface area contributed by atoms with Crippen LogP contribution < -0.4 is 5.32 Å². The summed E-state index contributed by atoms with van der Waals surface area (Å²) in [7, 11) is -1.79. The minimum Gasteiger partial charge on any atom is -0.467 e. The molecular weight excluding hydrogens is 458 g/mol. The van der Waals surface area contributed by atoms with Gasteiger partial charge in [-0.2, -0.15) is 8.42 Å². The SMILES string of the molecule is COC(=O)C(CC(OCCOS(=O)(=O)c1ccc(C)cc1)C(=O)OC)NC(=O)OC(C)(C)C. The summed E-state index contributed by atoms with van der Waals surface area (Å²) in [5.41, 5.74) is 0.0712. The summed E-state index contributed by atoms with van der Waals surface area (Å²) in [5.74, 6) is -1.67. The number of alkyl carbamates (subject to hydrolysis) is 1. The molecule has 0 aliphatic rings. The van der Waals surface area contributed by atoms with E-state index in [-0.39, 0.29) is 17.9 Å². The normalized spacial score (nSPS) is 13.5. The van der Waals surface area contributed by atoms with Crippen LogP contribution in [-0.4, -0.2) is 71.6 Å². The minimum absolute atomic E-state index is 0.0232. The molecule has 0 aliphatic heterocycles. The van der Waals surface area contributed by atoms with Crippen LogP contribution in [0, 0.1) is 6.92 Å². The van der Waals surface area contributed by atoms with Crippen LogP contribution in [0.15, 0.2) is 29.2 Å². The zero-order valence-corrected chi connectivity index (χ0v) is 20.4. The van der Waals surface area contributed by atoms with Crippen molar-refractivity contribution in [3.63, 3.8) is 0 Å². The quantitative estimate of drug-likeness (QED) is 0.211.